The smallest absolute Gasteiger partial charge is 0.355 e. The van der Waals surface area contributed by atoms with Crippen molar-refractivity contribution in [3.8, 4) is 0 Å². The summed E-state index contributed by atoms with van der Waals surface area (Å²) in [5, 5.41) is 0. The number of hydrogen-bond donors (Lipinski definition) is 1. The molecule has 2 heterocycles. The van der Waals surface area contributed by atoms with Crippen molar-refractivity contribution < 1.29 is 26.4 Å². The van der Waals surface area contributed by atoms with Crippen LogP contribution in [0.1, 0.15) is 17.5 Å². The Bertz CT molecular complexity index is 1070. The van der Waals surface area contributed by atoms with E-state index in [0.29, 0.717) is 44.1 Å². The van der Waals surface area contributed by atoms with Gasteiger partial charge in [-0.25, -0.2) is 13.4 Å². The molecule has 1 fully saturated rings. The van der Waals surface area contributed by atoms with Crippen molar-refractivity contribution in [1.82, 2.24) is 9.88 Å². The zero-order chi connectivity index (χ0) is 23.4. The lowest BCUT2D eigenvalue weighted by atomic mass is 10.2. The van der Waals surface area contributed by atoms with Crippen LogP contribution in [0.25, 0.3) is 6.08 Å². The molecule has 0 radical (unpaired) electrons. The minimum atomic E-state index is -4.43. The van der Waals surface area contributed by atoms with Crippen molar-refractivity contribution in [1.29, 1.82) is 0 Å². The van der Waals surface area contributed by atoms with Gasteiger partial charge in [0.2, 0.25) is 15.9 Å². The molecule has 1 amide bonds. The van der Waals surface area contributed by atoms with Gasteiger partial charge in [0.15, 0.2) is 0 Å². The van der Waals surface area contributed by atoms with Gasteiger partial charge < -0.3 is 9.80 Å². The maximum Gasteiger partial charge on any atom is 0.417 e. The van der Waals surface area contributed by atoms with Gasteiger partial charge in [-0.15, -0.1) is 0 Å². The van der Waals surface area contributed by atoms with Crippen molar-refractivity contribution in [2.24, 2.45) is 0 Å². The van der Waals surface area contributed by atoms with Crippen LogP contribution in [0.2, 0.25) is 0 Å². The number of anilines is 2. The summed E-state index contributed by atoms with van der Waals surface area (Å²) < 4.78 is 63.0. The lowest BCUT2D eigenvalue weighted by molar-refractivity contribution is -0.137. The molecular weight excluding hydrogens is 445 g/mol. The van der Waals surface area contributed by atoms with Crippen molar-refractivity contribution in [3.05, 3.63) is 59.8 Å². The first-order chi connectivity index (χ1) is 15.0. The molecule has 7 nitrogen and oxygen atoms in total. The number of amides is 1. The van der Waals surface area contributed by atoms with E-state index in [1.807, 2.05) is 4.90 Å². The number of carbonyl (C=O) groups excluding carboxylic acids is 1. The van der Waals surface area contributed by atoms with E-state index in [4.69, 9.17) is 0 Å². The third-order valence-corrected chi connectivity index (χ3v) is 5.45. The average Bonchev–Trinajstić information content (AvgIpc) is 2.98. The second-order valence-corrected chi connectivity index (χ2v) is 9.15. The fourth-order valence-corrected chi connectivity index (χ4v) is 3.82. The Balaban J connectivity index is 1.57. The van der Waals surface area contributed by atoms with Gasteiger partial charge in [0, 0.05) is 44.1 Å². The van der Waals surface area contributed by atoms with Gasteiger partial charge in [-0.05, 0) is 42.3 Å². The number of carbonyl (C=O) groups is 1. The molecule has 1 aromatic heterocycles. The molecule has 1 aromatic carbocycles. The number of sulfonamides is 1. The van der Waals surface area contributed by atoms with Crippen molar-refractivity contribution in [2.45, 2.75) is 12.6 Å². The van der Waals surface area contributed by atoms with Gasteiger partial charge in [0.05, 0.1) is 11.8 Å². The Morgan fingerprint density at radius 2 is 1.78 bits per heavy atom. The summed E-state index contributed by atoms with van der Waals surface area (Å²) in [4.78, 5) is 20.0. The summed E-state index contributed by atoms with van der Waals surface area (Å²) in [6, 6.07) is 8.95. The predicted molar refractivity (Wildman–Crippen MR) is 117 cm³/mol. The van der Waals surface area contributed by atoms with Crippen molar-refractivity contribution in [2.75, 3.05) is 42.1 Å². The molecule has 0 aliphatic carbocycles. The van der Waals surface area contributed by atoms with Crippen LogP contribution in [0.15, 0.2) is 48.7 Å². The van der Waals surface area contributed by atoms with E-state index >= 15 is 0 Å². The summed E-state index contributed by atoms with van der Waals surface area (Å²) in [6.45, 7) is 1.99. The quantitative estimate of drug-likeness (QED) is 0.682. The van der Waals surface area contributed by atoms with E-state index in [1.165, 1.54) is 12.1 Å². The molecule has 0 bridgehead atoms. The highest BCUT2D eigenvalue weighted by Gasteiger charge is 2.31. The zero-order valence-corrected chi connectivity index (χ0v) is 18.2. The molecule has 0 saturated carbocycles. The summed E-state index contributed by atoms with van der Waals surface area (Å²) in [7, 11) is -3.35. The molecule has 0 unspecified atom stereocenters. The second-order valence-electron chi connectivity index (χ2n) is 7.40. The summed E-state index contributed by atoms with van der Waals surface area (Å²) in [6.07, 6.45) is 1.22. The molecule has 32 heavy (non-hydrogen) atoms. The van der Waals surface area contributed by atoms with E-state index in [1.54, 1.807) is 35.2 Å². The molecule has 0 spiro atoms. The normalized spacial score (nSPS) is 15.6. The van der Waals surface area contributed by atoms with Gasteiger partial charge in [-0.1, -0.05) is 12.1 Å². The number of halogens is 3. The topological polar surface area (TPSA) is 82.6 Å². The summed E-state index contributed by atoms with van der Waals surface area (Å²) >= 11 is 0. The Hall–Kier alpha value is -3.08. The van der Waals surface area contributed by atoms with Gasteiger partial charge in [0.25, 0.3) is 0 Å². The van der Waals surface area contributed by atoms with Crippen molar-refractivity contribution >= 4 is 33.5 Å². The van der Waals surface area contributed by atoms with Crippen LogP contribution in [-0.4, -0.2) is 56.6 Å². The van der Waals surface area contributed by atoms with Gasteiger partial charge in [0.1, 0.15) is 5.82 Å². The number of hydrogen-bond acceptors (Lipinski definition) is 5. The molecule has 2 aromatic rings. The minimum Gasteiger partial charge on any atom is -0.355 e. The Kier molecular flexibility index (Phi) is 7.07. The maximum absolute atomic E-state index is 12.7. The van der Waals surface area contributed by atoms with Gasteiger partial charge in [-0.3, -0.25) is 9.52 Å². The third kappa shape index (κ3) is 6.71. The first kappa shape index (κ1) is 23.6. The SMILES string of the molecule is CS(=O)(=O)Nc1ccc(/C=C/C(=O)N2CCCN(c3ccc(C(F)(F)F)cn3)CC2)cc1. The molecule has 3 rings (SSSR count). The van der Waals surface area contributed by atoms with Crippen LogP contribution in [0.5, 0.6) is 0 Å². The lowest BCUT2D eigenvalue weighted by Gasteiger charge is -2.22. The van der Waals surface area contributed by atoms with Crippen LogP contribution >= 0.6 is 0 Å². The minimum absolute atomic E-state index is 0.175. The number of aromatic nitrogens is 1. The largest absolute Gasteiger partial charge is 0.417 e. The van der Waals surface area contributed by atoms with E-state index < -0.39 is 21.8 Å². The lowest BCUT2D eigenvalue weighted by Crippen LogP contribution is -2.34. The Labute approximate surface area is 184 Å². The highest BCUT2D eigenvalue weighted by atomic mass is 32.2. The first-order valence-corrected chi connectivity index (χ1v) is 11.7. The number of nitrogens with zero attached hydrogens (tertiary/aromatic N) is 3. The highest BCUT2D eigenvalue weighted by Crippen LogP contribution is 2.29. The van der Waals surface area contributed by atoms with Gasteiger partial charge >= 0.3 is 6.18 Å². The standard InChI is InChI=1S/C21H23F3N4O3S/c1-32(30,31)26-18-7-3-16(4-8-18)5-10-20(29)28-12-2-11-27(13-14-28)19-9-6-17(15-25-19)21(22,23)24/h3-10,15,26H,2,11-14H2,1H3/b10-5+. The van der Waals surface area contributed by atoms with Crippen LogP contribution in [0.3, 0.4) is 0 Å². The number of nitrogens with one attached hydrogen (secondary N) is 1. The summed E-state index contributed by atoms with van der Waals surface area (Å²) in [5.74, 6) is 0.274. The first-order valence-electron chi connectivity index (χ1n) is 9.84. The summed E-state index contributed by atoms with van der Waals surface area (Å²) in [5.41, 5.74) is 0.376. The van der Waals surface area contributed by atoms with Crippen LogP contribution in [0.4, 0.5) is 24.7 Å². The van der Waals surface area contributed by atoms with Crippen LogP contribution < -0.4 is 9.62 Å². The molecular formula is C21H23F3N4O3S. The fourth-order valence-electron chi connectivity index (χ4n) is 3.26. The maximum atomic E-state index is 12.7. The molecule has 1 aliphatic heterocycles. The van der Waals surface area contributed by atoms with Crippen LogP contribution in [-0.2, 0) is 21.0 Å². The Morgan fingerprint density at radius 3 is 2.38 bits per heavy atom. The van der Waals surface area contributed by atoms with E-state index in [-0.39, 0.29) is 5.91 Å². The second kappa shape index (κ2) is 9.60. The third-order valence-electron chi connectivity index (χ3n) is 4.84. The number of rotatable bonds is 5. The molecule has 1 saturated heterocycles. The fraction of sp³-hybridized carbons (Fsp3) is 0.333. The molecule has 172 valence electrons. The highest BCUT2D eigenvalue weighted by molar-refractivity contribution is 7.92. The van der Waals surface area contributed by atoms with Crippen LogP contribution in [0, 0.1) is 0 Å². The number of alkyl halides is 3. The van der Waals surface area contributed by atoms with Gasteiger partial charge in [-0.2, -0.15) is 13.2 Å². The average molecular weight is 469 g/mol. The van der Waals surface area contributed by atoms with Crippen molar-refractivity contribution in [3.63, 3.8) is 0 Å². The number of benzene rings is 1. The van der Waals surface area contributed by atoms with E-state index in [2.05, 4.69) is 9.71 Å². The monoisotopic (exact) mass is 468 g/mol. The molecule has 0 atom stereocenters. The van der Waals surface area contributed by atoms with E-state index in [0.717, 1.165) is 24.1 Å². The zero-order valence-electron chi connectivity index (χ0n) is 17.3. The predicted octanol–water partition coefficient (Wildman–Crippen LogP) is 3.22. The number of pyridine rings is 1. The molecule has 1 N–H and O–H groups in total. The van der Waals surface area contributed by atoms with E-state index in [9.17, 15) is 26.4 Å². The Morgan fingerprint density at radius 1 is 1.06 bits per heavy atom. The molecule has 11 heteroatoms. The molecule has 1 aliphatic rings.